The van der Waals surface area contributed by atoms with E-state index >= 15 is 0 Å². The molecule has 45 heavy (non-hydrogen) atoms. The van der Waals surface area contributed by atoms with Gasteiger partial charge in [0.25, 0.3) is 0 Å². The van der Waals surface area contributed by atoms with Crippen molar-refractivity contribution < 1.29 is 37.0 Å². The number of esters is 2. The third kappa shape index (κ3) is 12.6. The molecule has 0 heterocycles. The molecule has 3 rings (SSSR count). The third-order valence-corrected chi connectivity index (χ3v) is 7.56. The molecule has 0 N–H and O–H groups in total. The fourth-order valence-corrected chi connectivity index (χ4v) is 4.86. The van der Waals surface area contributed by atoms with Crippen LogP contribution in [0.15, 0.2) is 72.8 Å². The Balaban J connectivity index is 1.47. The van der Waals surface area contributed by atoms with Crippen molar-refractivity contribution in [1.82, 2.24) is 0 Å². The minimum Gasteiger partial charge on any atom is -0.494 e. The molecular formula is C37H45F3O5. The number of benzene rings is 3. The number of carbonyl (C=O) groups is 2. The molecule has 1 atom stereocenters. The summed E-state index contributed by atoms with van der Waals surface area (Å²) in [7, 11) is 0. The van der Waals surface area contributed by atoms with Crippen molar-refractivity contribution in [2.75, 3.05) is 6.61 Å². The summed E-state index contributed by atoms with van der Waals surface area (Å²) in [6.07, 6.45) is 4.26. The fraction of sp³-hybridized carbons (Fsp3) is 0.459. The molecule has 3 aromatic carbocycles. The van der Waals surface area contributed by atoms with Crippen molar-refractivity contribution in [2.24, 2.45) is 0 Å². The van der Waals surface area contributed by atoms with Gasteiger partial charge in [0.2, 0.25) is 0 Å². The van der Waals surface area contributed by atoms with Gasteiger partial charge in [-0.05, 0) is 78.9 Å². The van der Waals surface area contributed by atoms with Crippen molar-refractivity contribution in [3.05, 3.63) is 83.9 Å². The van der Waals surface area contributed by atoms with Gasteiger partial charge in [0, 0.05) is 0 Å². The zero-order valence-electron chi connectivity index (χ0n) is 26.4. The smallest absolute Gasteiger partial charge is 0.425 e. The van der Waals surface area contributed by atoms with E-state index in [9.17, 15) is 22.8 Å². The lowest BCUT2D eigenvalue weighted by Crippen LogP contribution is -2.33. The van der Waals surface area contributed by atoms with Crippen molar-refractivity contribution in [1.29, 1.82) is 0 Å². The van der Waals surface area contributed by atoms with Crippen molar-refractivity contribution in [3.8, 4) is 22.6 Å². The van der Waals surface area contributed by atoms with E-state index in [1.807, 2.05) is 43.3 Å². The summed E-state index contributed by atoms with van der Waals surface area (Å²) in [5.74, 6) is -0.698. The van der Waals surface area contributed by atoms with Gasteiger partial charge >= 0.3 is 18.1 Å². The first kappa shape index (κ1) is 35.7. The Kier molecular flexibility index (Phi) is 15.0. The van der Waals surface area contributed by atoms with Gasteiger partial charge in [0.1, 0.15) is 11.5 Å². The van der Waals surface area contributed by atoms with Gasteiger partial charge in [-0.15, -0.1) is 0 Å². The topological polar surface area (TPSA) is 61.8 Å². The van der Waals surface area contributed by atoms with Crippen LogP contribution in [0.1, 0.15) is 112 Å². The molecule has 0 fully saturated rings. The summed E-state index contributed by atoms with van der Waals surface area (Å²) in [6.45, 7) is 4.89. The number of hydrogen-bond donors (Lipinski definition) is 0. The van der Waals surface area contributed by atoms with Crippen LogP contribution < -0.4 is 9.47 Å². The lowest BCUT2D eigenvalue weighted by atomic mass is 10.0. The molecule has 0 aliphatic rings. The van der Waals surface area contributed by atoms with Crippen LogP contribution in [0.3, 0.4) is 0 Å². The van der Waals surface area contributed by atoms with Crippen LogP contribution in [0.4, 0.5) is 13.2 Å². The maximum Gasteiger partial charge on any atom is 0.425 e. The molecule has 244 valence electrons. The molecule has 0 aromatic heterocycles. The van der Waals surface area contributed by atoms with E-state index in [1.165, 1.54) is 62.8 Å². The number of ether oxygens (including phenoxy) is 3. The van der Waals surface area contributed by atoms with E-state index in [2.05, 4.69) is 6.92 Å². The Morgan fingerprint density at radius 1 is 0.600 bits per heavy atom. The number of hydrogen-bond acceptors (Lipinski definition) is 5. The quantitative estimate of drug-likeness (QED) is 0.0753. The second-order valence-corrected chi connectivity index (χ2v) is 11.3. The van der Waals surface area contributed by atoms with Crippen LogP contribution in [-0.2, 0) is 4.74 Å². The first-order valence-corrected chi connectivity index (χ1v) is 16.1. The minimum absolute atomic E-state index is 0.0591. The minimum atomic E-state index is -4.64. The van der Waals surface area contributed by atoms with Crippen LogP contribution >= 0.6 is 0 Å². The first-order chi connectivity index (χ1) is 21.7. The van der Waals surface area contributed by atoms with Crippen molar-refractivity contribution in [3.63, 3.8) is 0 Å². The maximum atomic E-state index is 13.4. The van der Waals surface area contributed by atoms with Crippen LogP contribution in [0.25, 0.3) is 11.1 Å². The molecule has 3 aromatic rings. The molecule has 0 radical (unpaired) electrons. The molecule has 5 nitrogen and oxygen atoms in total. The Bertz CT molecular complexity index is 1290. The van der Waals surface area contributed by atoms with E-state index in [0.717, 1.165) is 36.1 Å². The van der Waals surface area contributed by atoms with Crippen LogP contribution in [0.2, 0.25) is 0 Å². The molecule has 1 unspecified atom stereocenters. The molecule has 0 bridgehead atoms. The number of unbranched alkanes of at least 4 members (excludes halogenated alkanes) is 9. The van der Waals surface area contributed by atoms with E-state index in [1.54, 1.807) is 12.1 Å². The molecule has 0 saturated heterocycles. The molecule has 0 aliphatic heterocycles. The van der Waals surface area contributed by atoms with Gasteiger partial charge in [0.05, 0.1) is 17.7 Å². The normalized spacial score (nSPS) is 12.0. The summed E-state index contributed by atoms with van der Waals surface area (Å²) >= 11 is 0. The second-order valence-electron chi connectivity index (χ2n) is 11.3. The predicted molar refractivity (Wildman–Crippen MR) is 171 cm³/mol. The fourth-order valence-electron chi connectivity index (χ4n) is 4.86. The van der Waals surface area contributed by atoms with Gasteiger partial charge in [-0.3, -0.25) is 0 Å². The van der Waals surface area contributed by atoms with Crippen molar-refractivity contribution in [2.45, 2.75) is 103 Å². The number of rotatable bonds is 19. The standard InChI is InChI=1S/C37H45F3O5/c1-3-5-7-9-10-11-13-27-43-32-23-19-29(20-24-32)28-15-17-30(18-16-28)35(41)44-33-25-21-31(22-26-33)36(42)45-34(37(38,39)40)14-12-8-6-4-2/h15-26,34H,3-14,27H2,1-2H3. The Hall–Kier alpha value is -3.81. The summed E-state index contributed by atoms with van der Waals surface area (Å²) in [6, 6.07) is 20.1. The summed E-state index contributed by atoms with van der Waals surface area (Å²) < 4.78 is 56.2. The monoisotopic (exact) mass is 626 g/mol. The Labute approximate surface area is 265 Å². The van der Waals surface area contributed by atoms with Gasteiger partial charge in [-0.25, -0.2) is 9.59 Å². The highest BCUT2D eigenvalue weighted by atomic mass is 19.4. The lowest BCUT2D eigenvalue weighted by Gasteiger charge is -2.20. The van der Waals surface area contributed by atoms with Crippen molar-refractivity contribution >= 4 is 11.9 Å². The van der Waals surface area contributed by atoms with Crippen LogP contribution in [0, 0.1) is 0 Å². The number of halogens is 3. The molecule has 0 aliphatic carbocycles. The van der Waals surface area contributed by atoms with E-state index < -0.39 is 24.2 Å². The highest BCUT2D eigenvalue weighted by molar-refractivity contribution is 5.92. The maximum absolute atomic E-state index is 13.4. The third-order valence-electron chi connectivity index (χ3n) is 7.56. The SMILES string of the molecule is CCCCCCCCCOc1ccc(-c2ccc(C(=O)Oc3ccc(C(=O)OC(CCCCCC)C(F)(F)F)cc3)cc2)cc1. The Morgan fingerprint density at radius 3 is 1.64 bits per heavy atom. The molecule has 8 heteroatoms. The largest absolute Gasteiger partial charge is 0.494 e. The number of alkyl halides is 3. The molecule has 0 amide bonds. The second kappa shape index (κ2) is 18.9. The highest BCUT2D eigenvalue weighted by Crippen LogP contribution is 2.29. The Morgan fingerprint density at radius 2 is 1.07 bits per heavy atom. The zero-order valence-corrected chi connectivity index (χ0v) is 26.4. The lowest BCUT2D eigenvalue weighted by molar-refractivity contribution is -0.206. The van der Waals surface area contributed by atoms with Gasteiger partial charge in [0.15, 0.2) is 6.10 Å². The van der Waals surface area contributed by atoms with E-state index in [-0.39, 0.29) is 17.7 Å². The molecule has 0 saturated carbocycles. The average Bonchev–Trinajstić information content (AvgIpc) is 3.04. The van der Waals surface area contributed by atoms with Gasteiger partial charge in [-0.2, -0.15) is 13.2 Å². The summed E-state index contributed by atoms with van der Waals surface area (Å²) in [5.41, 5.74) is 2.18. The van der Waals surface area contributed by atoms with Crippen LogP contribution in [-0.4, -0.2) is 30.8 Å². The first-order valence-electron chi connectivity index (χ1n) is 16.1. The zero-order chi connectivity index (χ0) is 32.5. The summed E-state index contributed by atoms with van der Waals surface area (Å²) in [4.78, 5) is 25.1. The molecule has 0 spiro atoms. The van der Waals surface area contributed by atoms with E-state index in [4.69, 9.17) is 14.2 Å². The van der Waals surface area contributed by atoms with E-state index in [0.29, 0.717) is 25.0 Å². The van der Waals surface area contributed by atoms with Gasteiger partial charge < -0.3 is 14.2 Å². The van der Waals surface area contributed by atoms with Crippen LogP contribution in [0.5, 0.6) is 11.5 Å². The highest BCUT2D eigenvalue weighted by Gasteiger charge is 2.42. The number of carbonyl (C=O) groups excluding carboxylic acids is 2. The molecular weight excluding hydrogens is 581 g/mol. The average molecular weight is 627 g/mol. The predicted octanol–water partition coefficient (Wildman–Crippen LogP) is 10.8. The summed E-state index contributed by atoms with van der Waals surface area (Å²) in [5, 5.41) is 0. The van der Waals surface area contributed by atoms with Gasteiger partial charge in [-0.1, -0.05) is 95.9 Å².